The molecule has 1 fully saturated rings. The number of pyridine rings is 1. The largest absolute Gasteiger partial charge is 0.416 e. The number of anilines is 1. The molecule has 0 saturated carbocycles. The summed E-state index contributed by atoms with van der Waals surface area (Å²) < 4.78 is 67.3. The molecule has 0 radical (unpaired) electrons. The van der Waals surface area contributed by atoms with Gasteiger partial charge in [0.15, 0.2) is 0 Å². The molecule has 0 spiro atoms. The van der Waals surface area contributed by atoms with Gasteiger partial charge in [0.2, 0.25) is 11.9 Å². The van der Waals surface area contributed by atoms with E-state index in [1.54, 1.807) is 18.3 Å². The van der Waals surface area contributed by atoms with E-state index in [0.717, 1.165) is 29.2 Å². The van der Waals surface area contributed by atoms with Gasteiger partial charge in [-0.3, -0.25) is 9.78 Å². The Morgan fingerprint density at radius 1 is 1.14 bits per heavy atom. The first kappa shape index (κ1) is 30.9. The number of halogens is 4. The summed E-state index contributed by atoms with van der Waals surface area (Å²) in [7, 11) is -3.91. The summed E-state index contributed by atoms with van der Waals surface area (Å²) in [4.78, 5) is 26.6. The van der Waals surface area contributed by atoms with Crippen LogP contribution in [0.25, 0.3) is 11.3 Å². The summed E-state index contributed by atoms with van der Waals surface area (Å²) in [6, 6.07) is 13.3. The highest BCUT2D eigenvalue weighted by atomic mass is 35.5. The standard InChI is InChI=1S/C28H26ClF3N6O3S2/c1-17(21-5-2-3-13-33-21)35-27-36-20(15-22(37-27)18-7-9-19(10-8-18)28(30,31)32)16-34-26(39)23-6-4-14-38(23)43(40,41)25-12-11-24(29)42-25/h2-3,5,7-13,15,17,23H,4,6,14,16H2,1H3,(H,34,39)(H,35,36,37)/t17?,23-/m0/s1. The fourth-order valence-corrected chi connectivity index (χ4v) is 7.94. The van der Waals surface area contributed by atoms with Crippen LogP contribution < -0.4 is 10.6 Å². The average molecular weight is 651 g/mol. The highest BCUT2D eigenvalue weighted by molar-refractivity contribution is 7.91. The number of rotatable bonds is 9. The number of aromatic nitrogens is 3. The van der Waals surface area contributed by atoms with Crippen molar-refractivity contribution in [1.29, 1.82) is 0 Å². The molecular weight excluding hydrogens is 625 g/mol. The van der Waals surface area contributed by atoms with Crippen LogP contribution in [0.1, 0.15) is 42.8 Å². The number of nitrogens with one attached hydrogen (secondary N) is 2. The van der Waals surface area contributed by atoms with Crippen LogP contribution in [0.2, 0.25) is 4.34 Å². The van der Waals surface area contributed by atoms with Crippen molar-refractivity contribution in [3.05, 3.63) is 88.1 Å². The predicted molar refractivity (Wildman–Crippen MR) is 157 cm³/mol. The van der Waals surface area contributed by atoms with Crippen molar-refractivity contribution in [3.8, 4) is 11.3 Å². The van der Waals surface area contributed by atoms with Gasteiger partial charge < -0.3 is 10.6 Å². The van der Waals surface area contributed by atoms with E-state index in [0.29, 0.717) is 34.1 Å². The SMILES string of the molecule is CC(Nc1nc(CNC(=O)[C@@H]2CCCN2S(=O)(=O)c2ccc(Cl)s2)cc(-c2ccc(C(F)(F)F)cc2)n1)c1ccccn1. The molecule has 2 atom stereocenters. The van der Waals surface area contributed by atoms with Crippen LogP contribution in [-0.4, -0.2) is 46.2 Å². The second-order valence-corrected chi connectivity index (χ2v) is 13.6. The highest BCUT2D eigenvalue weighted by Crippen LogP contribution is 2.33. The van der Waals surface area contributed by atoms with E-state index >= 15 is 0 Å². The Balaban J connectivity index is 1.38. The Kier molecular flexibility index (Phi) is 9.02. The van der Waals surface area contributed by atoms with Crippen molar-refractivity contribution in [2.75, 3.05) is 11.9 Å². The van der Waals surface area contributed by atoms with Crippen molar-refractivity contribution in [3.63, 3.8) is 0 Å². The van der Waals surface area contributed by atoms with E-state index in [1.807, 2.05) is 19.1 Å². The maximum absolute atomic E-state index is 13.2. The number of carbonyl (C=O) groups is 1. The minimum absolute atomic E-state index is 0.0620. The molecule has 9 nitrogen and oxygen atoms in total. The van der Waals surface area contributed by atoms with Crippen LogP contribution in [0.15, 0.2) is 71.1 Å². The van der Waals surface area contributed by atoms with Gasteiger partial charge in [-0.25, -0.2) is 18.4 Å². The summed E-state index contributed by atoms with van der Waals surface area (Å²) in [6.07, 6.45) is -1.98. The third kappa shape index (κ3) is 7.15. The van der Waals surface area contributed by atoms with Gasteiger partial charge in [-0.15, -0.1) is 11.3 Å². The zero-order valence-corrected chi connectivity index (χ0v) is 25.1. The summed E-state index contributed by atoms with van der Waals surface area (Å²) in [5.74, 6) is -0.311. The van der Waals surface area contributed by atoms with Gasteiger partial charge in [-0.2, -0.15) is 17.5 Å². The monoisotopic (exact) mass is 650 g/mol. The van der Waals surface area contributed by atoms with Crippen LogP contribution in [0.3, 0.4) is 0 Å². The molecule has 4 aromatic rings. The first-order valence-electron chi connectivity index (χ1n) is 13.2. The smallest absolute Gasteiger partial charge is 0.349 e. The van der Waals surface area contributed by atoms with Gasteiger partial charge in [-0.05, 0) is 62.2 Å². The lowest BCUT2D eigenvalue weighted by Gasteiger charge is -2.22. The lowest BCUT2D eigenvalue weighted by molar-refractivity contribution is -0.137. The zero-order valence-electron chi connectivity index (χ0n) is 22.7. The quantitative estimate of drug-likeness (QED) is 0.231. The number of sulfonamides is 1. The summed E-state index contributed by atoms with van der Waals surface area (Å²) in [5, 5.41) is 5.93. The Morgan fingerprint density at radius 3 is 2.56 bits per heavy atom. The molecule has 5 rings (SSSR count). The average Bonchev–Trinajstić information content (AvgIpc) is 3.66. The molecule has 1 aliphatic rings. The Labute approximate surface area is 255 Å². The van der Waals surface area contributed by atoms with Crippen molar-refractivity contribution in [2.24, 2.45) is 0 Å². The van der Waals surface area contributed by atoms with Gasteiger partial charge in [-0.1, -0.05) is 29.8 Å². The molecule has 1 amide bonds. The van der Waals surface area contributed by atoms with Crippen LogP contribution >= 0.6 is 22.9 Å². The summed E-state index contributed by atoms with van der Waals surface area (Å²) >= 11 is 6.86. The fraction of sp³-hybridized carbons (Fsp3) is 0.286. The Bertz CT molecular complexity index is 1700. The molecule has 1 aliphatic heterocycles. The lowest BCUT2D eigenvalue weighted by Crippen LogP contribution is -2.45. The molecule has 2 N–H and O–H groups in total. The number of hydrogen-bond acceptors (Lipinski definition) is 8. The van der Waals surface area contributed by atoms with Crippen LogP contribution in [0.5, 0.6) is 0 Å². The number of amides is 1. The summed E-state index contributed by atoms with van der Waals surface area (Å²) in [6.45, 7) is 1.98. The molecule has 0 bridgehead atoms. The van der Waals surface area contributed by atoms with E-state index in [1.165, 1.54) is 28.6 Å². The van der Waals surface area contributed by atoms with Crippen molar-refractivity contribution in [1.82, 2.24) is 24.6 Å². The highest BCUT2D eigenvalue weighted by Gasteiger charge is 2.40. The second-order valence-electron chi connectivity index (χ2n) is 9.81. The third-order valence-corrected chi connectivity index (χ3v) is 10.4. The lowest BCUT2D eigenvalue weighted by atomic mass is 10.1. The Hall–Kier alpha value is -3.59. The van der Waals surface area contributed by atoms with Gasteiger partial charge in [0.05, 0.1) is 39.6 Å². The minimum Gasteiger partial charge on any atom is -0.349 e. The molecule has 1 unspecified atom stereocenters. The van der Waals surface area contributed by atoms with E-state index in [9.17, 15) is 26.4 Å². The van der Waals surface area contributed by atoms with Gasteiger partial charge in [0.1, 0.15) is 10.3 Å². The molecule has 4 heterocycles. The number of hydrogen-bond donors (Lipinski definition) is 2. The van der Waals surface area contributed by atoms with E-state index < -0.39 is 33.7 Å². The molecule has 43 heavy (non-hydrogen) atoms. The molecule has 1 saturated heterocycles. The van der Waals surface area contributed by atoms with Gasteiger partial charge in [0.25, 0.3) is 10.0 Å². The number of benzene rings is 1. The number of nitrogens with zero attached hydrogens (tertiary/aromatic N) is 4. The molecular formula is C28H26ClF3N6O3S2. The van der Waals surface area contributed by atoms with Crippen molar-refractivity contribution < 1.29 is 26.4 Å². The molecule has 15 heteroatoms. The molecule has 3 aromatic heterocycles. The predicted octanol–water partition coefficient (Wildman–Crippen LogP) is 5.91. The number of carbonyl (C=O) groups excluding carboxylic acids is 1. The first-order chi connectivity index (χ1) is 20.4. The van der Waals surface area contributed by atoms with Crippen LogP contribution in [-0.2, 0) is 27.5 Å². The van der Waals surface area contributed by atoms with E-state index in [-0.39, 0.29) is 29.3 Å². The van der Waals surface area contributed by atoms with Crippen LogP contribution in [0, 0.1) is 0 Å². The van der Waals surface area contributed by atoms with E-state index in [4.69, 9.17) is 11.6 Å². The number of thiophene rings is 1. The van der Waals surface area contributed by atoms with Crippen molar-refractivity contribution in [2.45, 2.75) is 48.8 Å². The molecule has 0 aliphatic carbocycles. The first-order valence-corrected chi connectivity index (χ1v) is 15.8. The van der Waals surface area contributed by atoms with Crippen LogP contribution in [0.4, 0.5) is 19.1 Å². The normalized spacial score (nSPS) is 16.6. The zero-order chi connectivity index (χ0) is 30.8. The molecule has 1 aromatic carbocycles. The molecule has 226 valence electrons. The van der Waals surface area contributed by atoms with Crippen molar-refractivity contribution >= 4 is 44.8 Å². The maximum Gasteiger partial charge on any atom is 0.416 e. The van der Waals surface area contributed by atoms with E-state index in [2.05, 4.69) is 25.6 Å². The Morgan fingerprint density at radius 2 is 1.91 bits per heavy atom. The summed E-state index contributed by atoms with van der Waals surface area (Å²) in [5.41, 5.74) is 1.05. The third-order valence-electron chi connectivity index (χ3n) is 6.83. The second kappa shape index (κ2) is 12.6. The van der Waals surface area contributed by atoms with Gasteiger partial charge >= 0.3 is 6.18 Å². The topological polar surface area (TPSA) is 117 Å². The maximum atomic E-state index is 13.2. The fourth-order valence-electron chi connectivity index (χ4n) is 4.67. The van der Waals surface area contributed by atoms with Gasteiger partial charge in [0, 0.05) is 18.3 Å². The number of alkyl halides is 3. The minimum atomic E-state index is -4.48.